The lowest BCUT2D eigenvalue weighted by molar-refractivity contribution is 0.102. The fourth-order valence-corrected chi connectivity index (χ4v) is 4.34. The molecule has 13 heteroatoms. The molecule has 0 radical (unpaired) electrons. The number of ether oxygens (including phenoxy) is 3. The molecule has 11 nitrogen and oxygen atoms in total. The van der Waals surface area contributed by atoms with Crippen LogP contribution in [0.4, 0.5) is 16.1 Å². The maximum absolute atomic E-state index is 13.1. The maximum atomic E-state index is 13.1. The monoisotopic (exact) mass is 528 g/mol. The van der Waals surface area contributed by atoms with E-state index in [4.69, 9.17) is 18.6 Å². The summed E-state index contributed by atoms with van der Waals surface area (Å²) in [4.78, 5) is 12.5. The van der Waals surface area contributed by atoms with Crippen LogP contribution in [0.2, 0.25) is 0 Å². The topological polar surface area (TPSA) is 142 Å². The van der Waals surface area contributed by atoms with Crippen molar-refractivity contribution in [3.05, 3.63) is 72.0 Å². The molecule has 3 aromatic carbocycles. The lowest BCUT2D eigenvalue weighted by atomic mass is 10.2. The Labute approximate surface area is 211 Å². The number of amides is 1. The summed E-state index contributed by atoms with van der Waals surface area (Å²) >= 11 is 0. The number of hydrogen-bond acceptors (Lipinski definition) is 9. The Morgan fingerprint density at radius 2 is 1.51 bits per heavy atom. The Hall–Kier alpha value is -4.65. The molecule has 37 heavy (non-hydrogen) atoms. The van der Waals surface area contributed by atoms with E-state index in [9.17, 15) is 17.6 Å². The van der Waals surface area contributed by atoms with Crippen molar-refractivity contribution in [3.63, 3.8) is 0 Å². The Kier molecular flexibility index (Phi) is 7.25. The molecule has 1 heterocycles. The zero-order valence-electron chi connectivity index (χ0n) is 19.8. The average molecular weight is 529 g/mol. The van der Waals surface area contributed by atoms with Crippen molar-refractivity contribution in [2.24, 2.45) is 0 Å². The van der Waals surface area contributed by atoms with Crippen molar-refractivity contribution in [1.29, 1.82) is 0 Å². The van der Waals surface area contributed by atoms with E-state index in [0.29, 0.717) is 22.8 Å². The van der Waals surface area contributed by atoms with Crippen LogP contribution in [0.25, 0.3) is 11.5 Å². The standard InChI is InChI=1S/C24H21FN4O7S/c1-33-19-12-15(13-20(34-2)21(19)35-3)23-27-28-24(36-23)26-22(30)14-4-8-17(9-5-14)29-37(31,32)18-10-6-16(25)7-11-18/h4-13,29H,1-3H3,(H,26,28,30). The number of hydrogen-bond donors (Lipinski definition) is 2. The molecular weight excluding hydrogens is 507 g/mol. The van der Waals surface area contributed by atoms with Gasteiger partial charge in [0, 0.05) is 16.8 Å². The average Bonchev–Trinajstić information content (AvgIpc) is 3.36. The van der Waals surface area contributed by atoms with Gasteiger partial charge in [-0.2, -0.15) is 0 Å². The van der Waals surface area contributed by atoms with Gasteiger partial charge in [0.15, 0.2) is 11.5 Å². The van der Waals surface area contributed by atoms with Crippen LogP contribution in [0.15, 0.2) is 70.0 Å². The van der Waals surface area contributed by atoms with E-state index < -0.39 is 21.7 Å². The van der Waals surface area contributed by atoms with Crippen molar-refractivity contribution < 1.29 is 36.2 Å². The molecule has 0 aliphatic carbocycles. The van der Waals surface area contributed by atoms with E-state index in [1.54, 1.807) is 12.1 Å². The van der Waals surface area contributed by atoms with Gasteiger partial charge in [-0.1, -0.05) is 5.10 Å². The number of anilines is 2. The molecule has 192 valence electrons. The number of halogens is 1. The highest BCUT2D eigenvalue weighted by molar-refractivity contribution is 7.92. The second-order valence-electron chi connectivity index (χ2n) is 7.42. The minimum Gasteiger partial charge on any atom is -0.493 e. The molecule has 0 aliphatic heterocycles. The number of methoxy groups -OCH3 is 3. The molecule has 0 unspecified atom stereocenters. The Morgan fingerprint density at radius 1 is 0.892 bits per heavy atom. The lowest BCUT2D eigenvalue weighted by Gasteiger charge is -2.12. The first-order chi connectivity index (χ1) is 17.7. The summed E-state index contributed by atoms with van der Waals surface area (Å²) in [6.07, 6.45) is 0. The molecule has 0 aliphatic rings. The van der Waals surface area contributed by atoms with Crippen LogP contribution in [-0.2, 0) is 10.0 Å². The first kappa shape index (κ1) is 25.4. The number of rotatable bonds is 9. The number of aromatic nitrogens is 2. The van der Waals surface area contributed by atoms with E-state index in [1.807, 2.05) is 0 Å². The van der Waals surface area contributed by atoms with Crippen LogP contribution in [0.3, 0.4) is 0 Å². The predicted octanol–water partition coefficient (Wildman–Crippen LogP) is 3.95. The smallest absolute Gasteiger partial charge is 0.322 e. The van der Waals surface area contributed by atoms with Crippen molar-refractivity contribution in [2.45, 2.75) is 4.90 Å². The van der Waals surface area contributed by atoms with Crippen LogP contribution < -0.4 is 24.2 Å². The summed E-state index contributed by atoms with van der Waals surface area (Å²) in [6.45, 7) is 0. The van der Waals surface area contributed by atoms with Crippen LogP contribution in [-0.4, -0.2) is 45.9 Å². The van der Waals surface area contributed by atoms with Crippen molar-refractivity contribution in [3.8, 4) is 28.7 Å². The number of nitrogens with zero attached hydrogens (tertiary/aromatic N) is 2. The molecule has 2 N–H and O–H groups in total. The van der Waals surface area contributed by atoms with Crippen molar-refractivity contribution in [2.75, 3.05) is 31.4 Å². The van der Waals surface area contributed by atoms with E-state index in [0.717, 1.165) is 24.3 Å². The number of carbonyl (C=O) groups is 1. The predicted molar refractivity (Wildman–Crippen MR) is 131 cm³/mol. The highest BCUT2D eigenvalue weighted by Gasteiger charge is 2.19. The van der Waals surface area contributed by atoms with Crippen LogP contribution in [0.5, 0.6) is 17.2 Å². The zero-order valence-corrected chi connectivity index (χ0v) is 20.6. The molecule has 0 saturated heterocycles. The van der Waals surface area contributed by atoms with Crippen LogP contribution in [0, 0.1) is 5.82 Å². The SMILES string of the molecule is COc1cc(-c2nnc(NC(=O)c3ccc(NS(=O)(=O)c4ccc(F)cc4)cc3)o2)cc(OC)c1OC. The molecule has 4 rings (SSSR count). The fraction of sp³-hybridized carbons (Fsp3) is 0.125. The summed E-state index contributed by atoms with van der Waals surface area (Å²) in [5.74, 6) is 0.149. The molecular formula is C24H21FN4O7S. The molecule has 0 fully saturated rings. The molecule has 0 atom stereocenters. The molecule has 4 aromatic rings. The minimum atomic E-state index is -3.93. The van der Waals surface area contributed by atoms with Crippen LogP contribution >= 0.6 is 0 Å². The van der Waals surface area contributed by atoms with Crippen molar-refractivity contribution >= 4 is 27.6 Å². The summed E-state index contributed by atoms with van der Waals surface area (Å²) in [6, 6.07) is 13.1. The van der Waals surface area contributed by atoms with Crippen molar-refractivity contribution in [1.82, 2.24) is 10.2 Å². The first-order valence-electron chi connectivity index (χ1n) is 10.6. The number of nitrogens with one attached hydrogen (secondary N) is 2. The van der Waals surface area contributed by atoms with Gasteiger partial charge in [-0.05, 0) is 60.7 Å². The fourth-order valence-electron chi connectivity index (χ4n) is 3.28. The van der Waals surface area contributed by atoms with Crippen LogP contribution in [0.1, 0.15) is 10.4 Å². The molecule has 0 saturated carbocycles. The van der Waals surface area contributed by atoms with Gasteiger partial charge in [-0.15, -0.1) is 5.10 Å². The Balaban J connectivity index is 1.46. The van der Waals surface area contributed by atoms with Gasteiger partial charge in [0.25, 0.3) is 15.9 Å². The largest absolute Gasteiger partial charge is 0.493 e. The number of sulfonamides is 1. The zero-order chi connectivity index (χ0) is 26.6. The molecule has 0 bridgehead atoms. The minimum absolute atomic E-state index is 0.0973. The van der Waals surface area contributed by atoms with Gasteiger partial charge in [0.05, 0.1) is 26.2 Å². The van der Waals surface area contributed by atoms with Gasteiger partial charge >= 0.3 is 6.01 Å². The quantitative estimate of drug-likeness (QED) is 0.330. The van der Waals surface area contributed by atoms with Gasteiger partial charge in [0.1, 0.15) is 5.82 Å². The third-order valence-corrected chi connectivity index (χ3v) is 6.48. The molecule has 0 spiro atoms. The maximum Gasteiger partial charge on any atom is 0.322 e. The Bertz CT molecular complexity index is 1500. The third-order valence-electron chi connectivity index (χ3n) is 5.08. The van der Waals surface area contributed by atoms with E-state index >= 15 is 0 Å². The van der Waals surface area contributed by atoms with Gasteiger partial charge in [-0.25, -0.2) is 12.8 Å². The van der Waals surface area contributed by atoms with Gasteiger partial charge in [0.2, 0.25) is 11.6 Å². The first-order valence-corrected chi connectivity index (χ1v) is 12.1. The molecule has 1 amide bonds. The van der Waals surface area contributed by atoms with Gasteiger partial charge < -0.3 is 18.6 Å². The normalized spacial score (nSPS) is 11.0. The molecule has 1 aromatic heterocycles. The Morgan fingerprint density at radius 3 is 2.08 bits per heavy atom. The second kappa shape index (κ2) is 10.5. The van der Waals surface area contributed by atoms with Gasteiger partial charge in [-0.3, -0.25) is 14.8 Å². The summed E-state index contributed by atoms with van der Waals surface area (Å²) in [5.41, 5.74) is 0.890. The number of carbonyl (C=O) groups excluding carboxylic acids is 1. The second-order valence-corrected chi connectivity index (χ2v) is 9.10. The van der Waals surface area contributed by atoms with E-state index in [1.165, 1.54) is 45.6 Å². The summed E-state index contributed by atoms with van der Waals surface area (Å²) in [5, 5.41) is 10.3. The third kappa shape index (κ3) is 5.62. The summed E-state index contributed by atoms with van der Waals surface area (Å²) in [7, 11) is 0.497. The van der Waals surface area contributed by atoms with E-state index in [-0.39, 0.29) is 28.1 Å². The lowest BCUT2D eigenvalue weighted by Crippen LogP contribution is -2.14. The van der Waals surface area contributed by atoms with E-state index in [2.05, 4.69) is 20.2 Å². The summed E-state index contributed by atoms with van der Waals surface area (Å²) < 4.78 is 61.8. The number of benzene rings is 3. The highest BCUT2D eigenvalue weighted by Crippen LogP contribution is 2.41. The highest BCUT2D eigenvalue weighted by atomic mass is 32.2.